The second kappa shape index (κ2) is 6.36. The van der Waals surface area contributed by atoms with E-state index < -0.39 is 10.0 Å². The molecule has 1 aromatic carbocycles. The molecule has 0 saturated carbocycles. The molecule has 0 fully saturated rings. The lowest BCUT2D eigenvalue weighted by Gasteiger charge is -2.17. The fourth-order valence-corrected chi connectivity index (χ4v) is 4.44. The summed E-state index contributed by atoms with van der Waals surface area (Å²) in [5.41, 5.74) is 6.45. The van der Waals surface area contributed by atoms with Gasteiger partial charge in [-0.05, 0) is 17.7 Å². The molecule has 0 saturated heterocycles. The van der Waals surface area contributed by atoms with Gasteiger partial charge in [0.2, 0.25) is 10.0 Å². The summed E-state index contributed by atoms with van der Waals surface area (Å²) < 4.78 is 27.1. The molecule has 0 amide bonds. The van der Waals surface area contributed by atoms with E-state index in [1.807, 2.05) is 24.3 Å². The molecule has 0 radical (unpaired) electrons. The van der Waals surface area contributed by atoms with E-state index in [1.54, 1.807) is 18.5 Å². The van der Waals surface area contributed by atoms with Gasteiger partial charge in [0.1, 0.15) is 0 Å². The molecule has 0 spiro atoms. The zero-order valence-electron chi connectivity index (χ0n) is 10.9. The number of halogens is 1. The maximum absolute atomic E-state index is 12.5. The Kier molecular flexibility index (Phi) is 4.98. The van der Waals surface area contributed by atoms with E-state index in [4.69, 9.17) is 5.73 Å². The Hall–Kier alpha value is -0.730. The summed E-state index contributed by atoms with van der Waals surface area (Å²) in [6.45, 7) is 0.672. The molecule has 108 valence electrons. The fraction of sp³-hybridized carbons (Fsp3) is 0.231. The second-order valence-corrected chi connectivity index (χ2v) is 8.20. The summed E-state index contributed by atoms with van der Waals surface area (Å²) in [7, 11) is -1.90. The SMILES string of the molecule is CN(Cc1ccccc1Br)S(=O)(=O)c1csc(CN)c1. The van der Waals surface area contributed by atoms with Gasteiger partial charge in [-0.25, -0.2) is 8.42 Å². The van der Waals surface area contributed by atoms with E-state index >= 15 is 0 Å². The molecular weight excluding hydrogens is 360 g/mol. The van der Waals surface area contributed by atoms with Gasteiger partial charge < -0.3 is 5.73 Å². The molecule has 0 aliphatic heterocycles. The maximum atomic E-state index is 12.5. The van der Waals surface area contributed by atoms with Gasteiger partial charge in [-0.2, -0.15) is 4.31 Å². The first kappa shape index (κ1) is 15.7. The van der Waals surface area contributed by atoms with Gasteiger partial charge in [-0.15, -0.1) is 11.3 Å². The van der Waals surface area contributed by atoms with E-state index in [2.05, 4.69) is 15.9 Å². The van der Waals surface area contributed by atoms with E-state index in [-0.39, 0.29) is 0 Å². The molecule has 0 bridgehead atoms. The van der Waals surface area contributed by atoms with E-state index in [0.29, 0.717) is 18.0 Å². The predicted octanol–water partition coefficient (Wildman–Crippen LogP) is 2.79. The largest absolute Gasteiger partial charge is 0.326 e. The van der Waals surface area contributed by atoms with E-state index in [0.717, 1.165) is 14.9 Å². The summed E-state index contributed by atoms with van der Waals surface area (Å²) >= 11 is 4.79. The van der Waals surface area contributed by atoms with Crippen LogP contribution in [0.3, 0.4) is 0 Å². The lowest BCUT2D eigenvalue weighted by molar-refractivity contribution is 0.466. The van der Waals surface area contributed by atoms with Gasteiger partial charge in [0.15, 0.2) is 0 Å². The third-order valence-corrected chi connectivity index (χ3v) is 6.55. The van der Waals surface area contributed by atoms with Crippen molar-refractivity contribution in [2.75, 3.05) is 7.05 Å². The number of hydrogen-bond acceptors (Lipinski definition) is 4. The van der Waals surface area contributed by atoms with Gasteiger partial charge in [-0.1, -0.05) is 34.1 Å². The quantitative estimate of drug-likeness (QED) is 0.874. The van der Waals surface area contributed by atoms with E-state index in [9.17, 15) is 8.42 Å². The highest BCUT2D eigenvalue weighted by molar-refractivity contribution is 9.10. The van der Waals surface area contributed by atoms with Crippen LogP contribution in [0.1, 0.15) is 10.4 Å². The van der Waals surface area contributed by atoms with Crippen LogP contribution in [0.2, 0.25) is 0 Å². The van der Waals surface area contributed by atoms with Crippen LogP contribution < -0.4 is 5.73 Å². The average molecular weight is 375 g/mol. The minimum Gasteiger partial charge on any atom is -0.326 e. The highest BCUT2D eigenvalue weighted by Gasteiger charge is 2.22. The Morgan fingerprint density at radius 2 is 2.05 bits per heavy atom. The molecule has 7 heteroatoms. The van der Waals surface area contributed by atoms with Crippen LogP contribution in [0.4, 0.5) is 0 Å². The first-order valence-corrected chi connectivity index (χ1v) is 9.03. The minimum atomic E-state index is -3.48. The Labute approximate surface area is 131 Å². The molecule has 20 heavy (non-hydrogen) atoms. The van der Waals surface area contributed by atoms with Crippen molar-refractivity contribution in [3.63, 3.8) is 0 Å². The Morgan fingerprint density at radius 3 is 2.65 bits per heavy atom. The standard InChI is InChI=1S/C13H15BrN2O2S2/c1-16(8-10-4-2-3-5-13(10)14)20(17,18)12-6-11(7-15)19-9-12/h2-6,9H,7-8,15H2,1H3. The van der Waals surface area contributed by atoms with Crippen LogP contribution in [-0.4, -0.2) is 19.8 Å². The lowest BCUT2D eigenvalue weighted by Crippen LogP contribution is -2.26. The summed E-state index contributed by atoms with van der Waals surface area (Å²) in [6, 6.07) is 9.21. The fourth-order valence-electron chi connectivity index (χ4n) is 1.73. The number of nitrogens with two attached hydrogens (primary N) is 1. The molecule has 2 aromatic rings. The highest BCUT2D eigenvalue weighted by atomic mass is 79.9. The topological polar surface area (TPSA) is 63.4 Å². The van der Waals surface area contributed by atoms with Crippen LogP contribution in [0.25, 0.3) is 0 Å². The summed E-state index contributed by atoms with van der Waals surface area (Å²) in [4.78, 5) is 1.16. The lowest BCUT2D eigenvalue weighted by atomic mass is 10.2. The average Bonchev–Trinajstić information content (AvgIpc) is 2.90. The van der Waals surface area contributed by atoms with Crippen LogP contribution in [0, 0.1) is 0 Å². The second-order valence-electron chi connectivity index (χ2n) is 4.31. The van der Waals surface area contributed by atoms with Crippen LogP contribution in [-0.2, 0) is 23.1 Å². The van der Waals surface area contributed by atoms with Gasteiger partial charge in [0.25, 0.3) is 0 Å². The monoisotopic (exact) mass is 374 g/mol. The molecule has 2 rings (SSSR count). The highest BCUT2D eigenvalue weighted by Crippen LogP contribution is 2.24. The zero-order valence-corrected chi connectivity index (χ0v) is 14.1. The smallest absolute Gasteiger partial charge is 0.243 e. The summed E-state index contributed by atoms with van der Waals surface area (Å²) in [6.07, 6.45) is 0. The number of nitrogens with zero attached hydrogens (tertiary/aromatic N) is 1. The number of sulfonamides is 1. The summed E-state index contributed by atoms with van der Waals surface area (Å²) in [5.74, 6) is 0. The normalized spacial score (nSPS) is 12.0. The molecule has 0 unspecified atom stereocenters. The molecule has 4 nitrogen and oxygen atoms in total. The molecular formula is C13H15BrN2O2S2. The Bertz CT molecular complexity index is 698. The molecule has 1 heterocycles. The Balaban J connectivity index is 2.23. The van der Waals surface area contributed by atoms with Crippen LogP contribution >= 0.6 is 27.3 Å². The van der Waals surface area contributed by atoms with Crippen molar-refractivity contribution in [2.24, 2.45) is 5.73 Å². The molecule has 0 aliphatic rings. The number of thiophene rings is 1. The first-order chi connectivity index (χ1) is 9.45. The van der Waals surface area contributed by atoms with Gasteiger partial charge in [0.05, 0.1) is 4.90 Å². The zero-order chi connectivity index (χ0) is 14.8. The molecule has 0 atom stereocenters. The van der Waals surface area contributed by atoms with E-state index in [1.165, 1.54) is 15.6 Å². The van der Waals surface area contributed by atoms with Crippen molar-refractivity contribution in [3.8, 4) is 0 Å². The molecule has 2 N–H and O–H groups in total. The summed E-state index contributed by atoms with van der Waals surface area (Å²) in [5, 5.41) is 1.63. The third-order valence-electron chi connectivity index (χ3n) is 2.89. The van der Waals surface area contributed by atoms with Crippen molar-refractivity contribution in [1.82, 2.24) is 4.31 Å². The minimum absolute atomic E-state index is 0.303. The maximum Gasteiger partial charge on any atom is 0.243 e. The van der Waals surface area contributed by atoms with Gasteiger partial charge >= 0.3 is 0 Å². The van der Waals surface area contributed by atoms with Gasteiger partial charge in [-0.3, -0.25) is 0 Å². The Morgan fingerprint density at radius 1 is 1.35 bits per heavy atom. The number of hydrogen-bond donors (Lipinski definition) is 1. The molecule has 0 aliphatic carbocycles. The molecule has 1 aromatic heterocycles. The third kappa shape index (κ3) is 3.29. The number of rotatable bonds is 5. The van der Waals surface area contributed by atoms with Crippen LogP contribution in [0.5, 0.6) is 0 Å². The van der Waals surface area contributed by atoms with Crippen molar-refractivity contribution >= 4 is 37.3 Å². The van der Waals surface area contributed by atoms with Crippen molar-refractivity contribution in [2.45, 2.75) is 18.0 Å². The predicted molar refractivity (Wildman–Crippen MR) is 85.0 cm³/mol. The van der Waals surface area contributed by atoms with Crippen LogP contribution in [0.15, 0.2) is 45.1 Å². The van der Waals surface area contributed by atoms with Crippen molar-refractivity contribution in [3.05, 3.63) is 50.6 Å². The van der Waals surface area contributed by atoms with Crippen molar-refractivity contribution < 1.29 is 8.42 Å². The van der Waals surface area contributed by atoms with Gasteiger partial charge in [0, 0.05) is 34.9 Å². The first-order valence-electron chi connectivity index (χ1n) is 5.92. The number of benzene rings is 1. The van der Waals surface area contributed by atoms with Crippen molar-refractivity contribution in [1.29, 1.82) is 0 Å².